The maximum atomic E-state index is 10.3. The lowest BCUT2D eigenvalue weighted by Crippen LogP contribution is -2.35. The number of nitrogens with zero attached hydrogens (tertiary/aromatic N) is 1. The zero-order valence-corrected chi connectivity index (χ0v) is 8.37. The third-order valence-corrected chi connectivity index (χ3v) is 2.05. The number of benzene rings is 1. The number of nitro groups is 1. The molecular formula is C10H13NO4. The first kappa shape index (κ1) is 11.5. The molecule has 15 heavy (non-hydrogen) atoms. The van der Waals surface area contributed by atoms with Crippen molar-refractivity contribution in [2.45, 2.75) is 19.1 Å². The Morgan fingerprint density at radius 1 is 1.47 bits per heavy atom. The van der Waals surface area contributed by atoms with Gasteiger partial charge in [0.2, 0.25) is 6.04 Å². The van der Waals surface area contributed by atoms with Crippen LogP contribution in [0.2, 0.25) is 0 Å². The smallest absolute Gasteiger partial charge is 0.239 e. The molecule has 0 aliphatic heterocycles. The lowest BCUT2D eigenvalue weighted by atomic mass is 10.2. The zero-order chi connectivity index (χ0) is 11.3. The minimum absolute atomic E-state index is 0.0772. The van der Waals surface area contributed by atoms with Crippen molar-refractivity contribution in [2.24, 2.45) is 0 Å². The van der Waals surface area contributed by atoms with Crippen LogP contribution in [-0.4, -0.2) is 28.8 Å². The highest BCUT2D eigenvalue weighted by molar-refractivity contribution is 5.20. The summed E-state index contributed by atoms with van der Waals surface area (Å²) in [6.45, 7) is 1.27. The molecule has 2 atom stereocenters. The van der Waals surface area contributed by atoms with Gasteiger partial charge in [-0.1, -0.05) is 18.2 Å². The molecule has 0 spiro atoms. The van der Waals surface area contributed by atoms with Crippen LogP contribution in [0.3, 0.4) is 0 Å². The highest BCUT2D eigenvalue weighted by Crippen LogP contribution is 2.09. The van der Waals surface area contributed by atoms with E-state index < -0.39 is 17.1 Å². The Morgan fingerprint density at radius 3 is 2.60 bits per heavy atom. The summed E-state index contributed by atoms with van der Waals surface area (Å²) in [6, 6.07) is 7.85. The molecule has 0 aliphatic rings. The van der Waals surface area contributed by atoms with Gasteiger partial charge in [0, 0.05) is 11.8 Å². The second-order valence-corrected chi connectivity index (χ2v) is 3.22. The first-order chi connectivity index (χ1) is 7.11. The molecule has 5 heteroatoms. The van der Waals surface area contributed by atoms with Crippen molar-refractivity contribution < 1.29 is 14.8 Å². The molecule has 0 heterocycles. The fourth-order valence-corrected chi connectivity index (χ4v) is 0.978. The van der Waals surface area contributed by atoms with E-state index in [0.29, 0.717) is 5.75 Å². The molecule has 1 N–H and O–H groups in total. The molecule has 0 saturated carbocycles. The van der Waals surface area contributed by atoms with Crippen LogP contribution in [0.25, 0.3) is 0 Å². The summed E-state index contributed by atoms with van der Waals surface area (Å²) in [7, 11) is 0. The lowest BCUT2D eigenvalue weighted by Gasteiger charge is -2.13. The number of rotatable bonds is 5. The van der Waals surface area contributed by atoms with Crippen molar-refractivity contribution >= 4 is 0 Å². The van der Waals surface area contributed by atoms with E-state index in [9.17, 15) is 15.2 Å². The number of hydrogen-bond donors (Lipinski definition) is 1. The quantitative estimate of drug-likeness (QED) is 0.584. The summed E-state index contributed by atoms with van der Waals surface area (Å²) >= 11 is 0. The predicted octanol–water partition coefficient (Wildman–Crippen LogP) is 1.09. The van der Waals surface area contributed by atoms with Crippen LogP contribution in [0.4, 0.5) is 0 Å². The van der Waals surface area contributed by atoms with Gasteiger partial charge in [0.15, 0.2) is 6.10 Å². The maximum Gasteiger partial charge on any atom is 0.239 e. The Bertz CT molecular complexity index is 314. The average molecular weight is 211 g/mol. The Hall–Kier alpha value is -1.62. The van der Waals surface area contributed by atoms with Gasteiger partial charge in [0.05, 0.1) is 0 Å². The summed E-state index contributed by atoms with van der Waals surface area (Å²) < 4.78 is 5.18. The summed E-state index contributed by atoms with van der Waals surface area (Å²) in [5.74, 6) is 0.590. The molecule has 0 aliphatic carbocycles. The SMILES string of the molecule is CC(C(O)COc1ccccc1)[N+](=O)[O-]. The van der Waals surface area contributed by atoms with Crippen molar-refractivity contribution in [3.8, 4) is 5.75 Å². The van der Waals surface area contributed by atoms with Crippen LogP contribution in [0.5, 0.6) is 5.75 Å². The van der Waals surface area contributed by atoms with Gasteiger partial charge in [0.25, 0.3) is 0 Å². The Morgan fingerprint density at radius 2 is 2.07 bits per heavy atom. The molecule has 2 unspecified atom stereocenters. The largest absolute Gasteiger partial charge is 0.491 e. The topological polar surface area (TPSA) is 72.6 Å². The van der Waals surface area contributed by atoms with Crippen LogP contribution in [0, 0.1) is 10.1 Å². The Labute approximate surface area is 87.5 Å². The fraction of sp³-hybridized carbons (Fsp3) is 0.400. The molecule has 1 aromatic rings. The van der Waals surface area contributed by atoms with Crippen LogP contribution < -0.4 is 4.74 Å². The normalized spacial score (nSPS) is 14.3. The van der Waals surface area contributed by atoms with E-state index >= 15 is 0 Å². The van der Waals surface area contributed by atoms with E-state index in [1.54, 1.807) is 24.3 Å². The monoisotopic (exact) mass is 211 g/mol. The standard InChI is InChI=1S/C10H13NO4/c1-8(11(13)14)10(12)7-15-9-5-3-2-4-6-9/h2-6,8,10,12H,7H2,1H3. The summed E-state index contributed by atoms with van der Waals surface area (Å²) in [5.41, 5.74) is 0. The summed E-state index contributed by atoms with van der Waals surface area (Å²) in [4.78, 5) is 9.81. The second kappa shape index (κ2) is 5.31. The van der Waals surface area contributed by atoms with E-state index in [1.807, 2.05) is 6.07 Å². The van der Waals surface area contributed by atoms with Crippen molar-refractivity contribution in [3.63, 3.8) is 0 Å². The third-order valence-electron chi connectivity index (χ3n) is 2.05. The van der Waals surface area contributed by atoms with Gasteiger partial charge in [-0.3, -0.25) is 10.1 Å². The number of aliphatic hydroxyl groups excluding tert-OH is 1. The number of aliphatic hydroxyl groups is 1. The van der Waals surface area contributed by atoms with Crippen LogP contribution in [0.1, 0.15) is 6.92 Å². The molecular weight excluding hydrogens is 198 g/mol. The van der Waals surface area contributed by atoms with Gasteiger partial charge in [-0.2, -0.15) is 0 Å². The van der Waals surface area contributed by atoms with Crippen LogP contribution in [-0.2, 0) is 0 Å². The first-order valence-corrected chi connectivity index (χ1v) is 4.60. The van der Waals surface area contributed by atoms with Crippen LogP contribution >= 0.6 is 0 Å². The molecule has 0 aromatic heterocycles. The predicted molar refractivity (Wildman–Crippen MR) is 54.4 cm³/mol. The zero-order valence-electron chi connectivity index (χ0n) is 8.37. The number of ether oxygens (including phenoxy) is 1. The summed E-state index contributed by atoms with van der Waals surface area (Å²) in [6.07, 6.45) is -1.10. The Balaban J connectivity index is 2.41. The molecule has 1 aromatic carbocycles. The molecule has 0 radical (unpaired) electrons. The van der Waals surface area contributed by atoms with Gasteiger partial charge in [-0.15, -0.1) is 0 Å². The third kappa shape index (κ3) is 3.55. The lowest BCUT2D eigenvalue weighted by molar-refractivity contribution is -0.530. The van der Waals surface area contributed by atoms with Gasteiger partial charge >= 0.3 is 0 Å². The van der Waals surface area contributed by atoms with Crippen molar-refractivity contribution in [2.75, 3.05) is 6.61 Å². The average Bonchev–Trinajstić information content (AvgIpc) is 2.26. The molecule has 0 amide bonds. The maximum absolute atomic E-state index is 10.3. The van der Waals surface area contributed by atoms with Crippen molar-refractivity contribution in [3.05, 3.63) is 40.4 Å². The minimum atomic E-state index is -1.10. The first-order valence-electron chi connectivity index (χ1n) is 4.60. The molecule has 0 saturated heterocycles. The molecule has 82 valence electrons. The van der Waals surface area contributed by atoms with E-state index in [1.165, 1.54) is 6.92 Å². The number of para-hydroxylation sites is 1. The van der Waals surface area contributed by atoms with Crippen LogP contribution in [0.15, 0.2) is 30.3 Å². The summed E-state index contributed by atoms with van der Waals surface area (Å²) in [5, 5.41) is 19.7. The van der Waals surface area contributed by atoms with E-state index in [2.05, 4.69) is 0 Å². The van der Waals surface area contributed by atoms with Gasteiger partial charge in [-0.05, 0) is 12.1 Å². The van der Waals surface area contributed by atoms with E-state index in [0.717, 1.165) is 0 Å². The number of hydrogen-bond acceptors (Lipinski definition) is 4. The van der Waals surface area contributed by atoms with E-state index in [-0.39, 0.29) is 6.61 Å². The highest BCUT2D eigenvalue weighted by atomic mass is 16.6. The second-order valence-electron chi connectivity index (χ2n) is 3.22. The van der Waals surface area contributed by atoms with Gasteiger partial charge in [0.1, 0.15) is 12.4 Å². The van der Waals surface area contributed by atoms with Crippen molar-refractivity contribution in [1.29, 1.82) is 0 Å². The minimum Gasteiger partial charge on any atom is -0.491 e. The van der Waals surface area contributed by atoms with Gasteiger partial charge < -0.3 is 9.84 Å². The molecule has 1 rings (SSSR count). The fourth-order valence-electron chi connectivity index (χ4n) is 0.978. The Kier molecular flexibility index (Phi) is 4.05. The van der Waals surface area contributed by atoms with E-state index in [4.69, 9.17) is 4.74 Å². The molecule has 0 bridgehead atoms. The molecule has 0 fully saturated rings. The van der Waals surface area contributed by atoms with Crippen molar-refractivity contribution in [1.82, 2.24) is 0 Å². The molecule has 5 nitrogen and oxygen atoms in total. The highest BCUT2D eigenvalue weighted by Gasteiger charge is 2.24. The van der Waals surface area contributed by atoms with Gasteiger partial charge in [-0.25, -0.2) is 0 Å².